The van der Waals surface area contributed by atoms with Gasteiger partial charge < -0.3 is 10.0 Å². The van der Waals surface area contributed by atoms with E-state index >= 15 is 0 Å². The van der Waals surface area contributed by atoms with Crippen LogP contribution in [0.1, 0.15) is 18.1 Å². The van der Waals surface area contributed by atoms with Crippen LogP contribution in [0.5, 0.6) is 5.75 Å². The number of phenolic OH excluding ortho intramolecular Hbond substituents is 1. The number of aromatic hydroxyl groups is 1. The molecule has 2 rings (SSSR count). The summed E-state index contributed by atoms with van der Waals surface area (Å²) in [5.74, 6) is 0.230. The molecule has 1 aliphatic heterocycles. The molecule has 14 heavy (non-hydrogen) atoms. The second kappa shape index (κ2) is 3.18. The van der Waals surface area contributed by atoms with Gasteiger partial charge in [-0.25, -0.2) is 0 Å². The second-order valence-electron chi connectivity index (χ2n) is 3.31. The van der Waals surface area contributed by atoms with Crippen LogP contribution in [0.25, 0.3) is 6.08 Å². The van der Waals surface area contributed by atoms with Crippen molar-refractivity contribution in [2.75, 3.05) is 0 Å². The SMILES string of the molecule is CC(=O)N1C=Cc2cccc(O)c2C1. The molecule has 0 saturated carbocycles. The quantitative estimate of drug-likeness (QED) is 0.675. The van der Waals surface area contributed by atoms with Crippen molar-refractivity contribution in [3.05, 3.63) is 35.5 Å². The largest absolute Gasteiger partial charge is 0.508 e. The maximum atomic E-state index is 11.1. The van der Waals surface area contributed by atoms with Gasteiger partial charge in [0.1, 0.15) is 5.75 Å². The van der Waals surface area contributed by atoms with Crippen LogP contribution < -0.4 is 0 Å². The van der Waals surface area contributed by atoms with E-state index in [9.17, 15) is 9.90 Å². The second-order valence-corrected chi connectivity index (χ2v) is 3.31. The lowest BCUT2D eigenvalue weighted by molar-refractivity contribution is -0.126. The Morgan fingerprint density at radius 1 is 1.50 bits per heavy atom. The number of carbonyl (C=O) groups excluding carboxylic acids is 1. The van der Waals surface area contributed by atoms with Gasteiger partial charge in [0, 0.05) is 18.7 Å². The van der Waals surface area contributed by atoms with Crippen LogP contribution in [0.2, 0.25) is 0 Å². The average Bonchev–Trinajstić information content (AvgIpc) is 2.18. The molecule has 3 nitrogen and oxygen atoms in total. The Morgan fingerprint density at radius 3 is 3.00 bits per heavy atom. The Labute approximate surface area is 82.3 Å². The smallest absolute Gasteiger partial charge is 0.223 e. The zero-order valence-electron chi connectivity index (χ0n) is 7.90. The predicted octanol–water partition coefficient (Wildman–Crippen LogP) is 1.73. The lowest BCUT2D eigenvalue weighted by Gasteiger charge is -2.22. The molecule has 1 aliphatic rings. The van der Waals surface area contributed by atoms with E-state index in [1.165, 1.54) is 6.92 Å². The van der Waals surface area contributed by atoms with E-state index in [1.807, 2.05) is 12.1 Å². The topological polar surface area (TPSA) is 40.5 Å². The summed E-state index contributed by atoms with van der Waals surface area (Å²) in [6, 6.07) is 5.35. The zero-order valence-corrected chi connectivity index (χ0v) is 7.90. The highest BCUT2D eigenvalue weighted by molar-refractivity contribution is 5.77. The monoisotopic (exact) mass is 189 g/mol. The van der Waals surface area contributed by atoms with E-state index in [0.29, 0.717) is 6.54 Å². The molecule has 0 saturated heterocycles. The number of carbonyl (C=O) groups is 1. The van der Waals surface area contributed by atoms with Gasteiger partial charge in [0.25, 0.3) is 0 Å². The summed E-state index contributed by atoms with van der Waals surface area (Å²) in [5.41, 5.74) is 1.78. The number of benzene rings is 1. The van der Waals surface area contributed by atoms with Crippen molar-refractivity contribution in [2.24, 2.45) is 0 Å². The number of rotatable bonds is 0. The normalized spacial score (nSPS) is 13.9. The number of nitrogens with zero attached hydrogens (tertiary/aromatic N) is 1. The first kappa shape index (κ1) is 8.81. The summed E-state index contributed by atoms with van der Waals surface area (Å²) >= 11 is 0. The number of hydrogen-bond acceptors (Lipinski definition) is 2. The van der Waals surface area contributed by atoms with Gasteiger partial charge in [0.15, 0.2) is 0 Å². The van der Waals surface area contributed by atoms with Crippen LogP contribution in [0.15, 0.2) is 24.4 Å². The third kappa shape index (κ3) is 1.37. The van der Waals surface area contributed by atoms with Gasteiger partial charge in [-0.3, -0.25) is 4.79 Å². The zero-order chi connectivity index (χ0) is 10.1. The molecular weight excluding hydrogens is 178 g/mol. The molecule has 1 aromatic carbocycles. The molecule has 0 unspecified atom stereocenters. The summed E-state index contributed by atoms with van der Waals surface area (Å²) in [6.45, 7) is 1.96. The van der Waals surface area contributed by atoms with E-state index < -0.39 is 0 Å². The summed E-state index contributed by atoms with van der Waals surface area (Å²) < 4.78 is 0. The fraction of sp³-hybridized carbons (Fsp3) is 0.182. The average molecular weight is 189 g/mol. The number of amides is 1. The summed E-state index contributed by atoms with van der Waals surface area (Å²) in [4.78, 5) is 12.7. The lowest BCUT2D eigenvalue weighted by atomic mass is 10.0. The highest BCUT2D eigenvalue weighted by atomic mass is 16.3. The van der Waals surface area contributed by atoms with Crippen molar-refractivity contribution in [1.82, 2.24) is 4.90 Å². The first-order chi connectivity index (χ1) is 6.68. The molecule has 0 radical (unpaired) electrons. The minimum Gasteiger partial charge on any atom is -0.508 e. The molecular formula is C11H11NO2. The van der Waals surface area contributed by atoms with E-state index in [4.69, 9.17) is 0 Å². The molecule has 3 heteroatoms. The van der Waals surface area contributed by atoms with Crippen molar-refractivity contribution in [3.63, 3.8) is 0 Å². The molecule has 0 spiro atoms. The maximum absolute atomic E-state index is 11.1. The molecule has 0 bridgehead atoms. The predicted molar refractivity (Wildman–Crippen MR) is 53.4 cm³/mol. The Hall–Kier alpha value is -1.77. The van der Waals surface area contributed by atoms with E-state index in [-0.39, 0.29) is 11.7 Å². The van der Waals surface area contributed by atoms with Crippen molar-refractivity contribution in [2.45, 2.75) is 13.5 Å². The summed E-state index contributed by atoms with van der Waals surface area (Å²) in [7, 11) is 0. The standard InChI is InChI=1S/C11H11NO2/c1-8(13)12-6-5-9-3-2-4-11(14)10(9)7-12/h2-6,14H,7H2,1H3. The minimum atomic E-state index is -0.0184. The molecule has 72 valence electrons. The van der Waals surface area contributed by atoms with E-state index in [2.05, 4.69) is 0 Å². The van der Waals surface area contributed by atoms with Gasteiger partial charge in [-0.2, -0.15) is 0 Å². The van der Waals surface area contributed by atoms with Crippen LogP contribution in [0.3, 0.4) is 0 Å². The third-order valence-electron chi connectivity index (χ3n) is 2.35. The van der Waals surface area contributed by atoms with Crippen LogP contribution in [-0.2, 0) is 11.3 Å². The number of fused-ring (bicyclic) bond motifs is 1. The van der Waals surface area contributed by atoms with Crippen molar-refractivity contribution in [1.29, 1.82) is 0 Å². The molecule has 0 aliphatic carbocycles. The Kier molecular flexibility index (Phi) is 2.00. The minimum absolute atomic E-state index is 0.0184. The molecule has 1 aromatic rings. The molecule has 0 fully saturated rings. The highest BCUT2D eigenvalue weighted by Crippen LogP contribution is 2.27. The van der Waals surface area contributed by atoms with Crippen molar-refractivity contribution >= 4 is 12.0 Å². The fourth-order valence-electron chi connectivity index (χ4n) is 1.53. The summed E-state index contributed by atoms with van der Waals surface area (Å²) in [6.07, 6.45) is 3.57. The molecule has 1 heterocycles. The molecule has 1 N–H and O–H groups in total. The van der Waals surface area contributed by atoms with Gasteiger partial charge >= 0.3 is 0 Å². The van der Waals surface area contributed by atoms with Crippen molar-refractivity contribution in [3.8, 4) is 5.75 Å². The summed E-state index contributed by atoms with van der Waals surface area (Å²) in [5, 5.41) is 9.58. The van der Waals surface area contributed by atoms with Crippen LogP contribution in [0.4, 0.5) is 0 Å². The molecule has 0 atom stereocenters. The van der Waals surface area contributed by atoms with Crippen LogP contribution >= 0.6 is 0 Å². The highest BCUT2D eigenvalue weighted by Gasteiger charge is 2.15. The number of hydrogen-bond donors (Lipinski definition) is 1. The first-order valence-corrected chi connectivity index (χ1v) is 4.45. The maximum Gasteiger partial charge on any atom is 0.223 e. The van der Waals surface area contributed by atoms with E-state index in [1.54, 1.807) is 23.2 Å². The Bertz CT molecular complexity index is 410. The van der Waals surface area contributed by atoms with Gasteiger partial charge in [-0.1, -0.05) is 12.1 Å². The number of phenols is 1. The van der Waals surface area contributed by atoms with Crippen molar-refractivity contribution < 1.29 is 9.90 Å². The van der Waals surface area contributed by atoms with E-state index in [0.717, 1.165) is 11.1 Å². The molecule has 1 amide bonds. The first-order valence-electron chi connectivity index (χ1n) is 4.45. The van der Waals surface area contributed by atoms with Gasteiger partial charge in [-0.15, -0.1) is 0 Å². The lowest BCUT2D eigenvalue weighted by Crippen LogP contribution is -2.24. The van der Waals surface area contributed by atoms with Gasteiger partial charge in [-0.05, 0) is 17.7 Å². The molecule has 0 aromatic heterocycles. The van der Waals surface area contributed by atoms with Crippen LogP contribution in [-0.4, -0.2) is 15.9 Å². The fourth-order valence-corrected chi connectivity index (χ4v) is 1.53. The van der Waals surface area contributed by atoms with Crippen LogP contribution in [0, 0.1) is 0 Å². The third-order valence-corrected chi connectivity index (χ3v) is 2.35. The Balaban J connectivity index is 2.42. The van der Waals surface area contributed by atoms with Gasteiger partial charge in [0.05, 0.1) is 6.54 Å². The van der Waals surface area contributed by atoms with Gasteiger partial charge in [0.2, 0.25) is 5.91 Å². The Morgan fingerprint density at radius 2 is 2.29 bits per heavy atom.